The number of rotatable bonds is 3. The van der Waals surface area contributed by atoms with Crippen molar-refractivity contribution in [2.75, 3.05) is 0 Å². The highest BCUT2D eigenvalue weighted by atomic mass is 35.5. The number of fused-ring (bicyclic) bond motifs is 1. The first-order valence-electron chi connectivity index (χ1n) is 7.48. The summed E-state index contributed by atoms with van der Waals surface area (Å²) in [6.07, 6.45) is 1.17. The average molecular weight is 368 g/mol. The van der Waals surface area contributed by atoms with Gasteiger partial charge in [-0.1, -0.05) is 35.0 Å². The lowest BCUT2D eigenvalue weighted by molar-refractivity contribution is 0.0696. The molecule has 2 aromatic heterocycles. The van der Waals surface area contributed by atoms with Crippen molar-refractivity contribution in [2.24, 2.45) is 0 Å². The molecule has 4 aromatic rings. The Morgan fingerprint density at radius 2 is 1.85 bits per heavy atom. The van der Waals surface area contributed by atoms with E-state index in [2.05, 4.69) is 15.4 Å². The molecule has 0 bridgehead atoms. The van der Waals surface area contributed by atoms with Crippen LogP contribution in [0, 0.1) is 0 Å². The van der Waals surface area contributed by atoms with E-state index in [1.165, 1.54) is 16.9 Å². The minimum atomic E-state index is -1.23. The van der Waals surface area contributed by atoms with E-state index in [-0.39, 0.29) is 16.8 Å². The van der Waals surface area contributed by atoms with Gasteiger partial charge in [0.15, 0.2) is 5.82 Å². The van der Waals surface area contributed by atoms with Crippen molar-refractivity contribution in [3.63, 3.8) is 0 Å². The van der Waals surface area contributed by atoms with Crippen molar-refractivity contribution in [1.82, 2.24) is 24.8 Å². The highest BCUT2D eigenvalue weighted by molar-refractivity contribution is 6.31. The molecule has 0 radical (unpaired) electrons. The predicted molar refractivity (Wildman–Crippen MR) is 94.2 cm³/mol. The van der Waals surface area contributed by atoms with Crippen molar-refractivity contribution in [3.05, 3.63) is 75.7 Å². The van der Waals surface area contributed by atoms with Gasteiger partial charge in [0, 0.05) is 5.02 Å². The Hall–Kier alpha value is -3.52. The van der Waals surface area contributed by atoms with Crippen LogP contribution >= 0.6 is 11.6 Å². The molecule has 0 spiro atoms. The molecule has 26 heavy (non-hydrogen) atoms. The lowest BCUT2D eigenvalue weighted by atomic mass is 10.2. The number of aromatic carboxylic acids is 1. The van der Waals surface area contributed by atoms with Crippen LogP contribution in [0.4, 0.5) is 0 Å². The summed E-state index contributed by atoms with van der Waals surface area (Å²) < 4.78 is 2.25. The van der Waals surface area contributed by atoms with Gasteiger partial charge < -0.3 is 5.11 Å². The molecule has 4 rings (SSSR count). The lowest BCUT2D eigenvalue weighted by Gasteiger charge is -2.10. The fourth-order valence-electron chi connectivity index (χ4n) is 2.61. The number of carboxylic acids is 1. The zero-order chi connectivity index (χ0) is 18.3. The summed E-state index contributed by atoms with van der Waals surface area (Å²) in [5.74, 6) is -1.25. The van der Waals surface area contributed by atoms with E-state index < -0.39 is 11.5 Å². The summed E-state index contributed by atoms with van der Waals surface area (Å²) >= 11 is 5.97. The van der Waals surface area contributed by atoms with Gasteiger partial charge in [-0.25, -0.2) is 9.48 Å². The van der Waals surface area contributed by atoms with E-state index in [0.29, 0.717) is 16.2 Å². The smallest absolute Gasteiger partial charge is 0.341 e. The van der Waals surface area contributed by atoms with Crippen molar-refractivity contribution in [1.29, 1.82) is 0 Å². The molecule has 0 aliphatic carbocycles. The fourth-order valence-corrected chi connectivity index (χ4v) is 2.78. The van der Waals surface area contributed by atoms with Gasteiger partial charge in [0.05, 0.1) is 17.3 Å². The Balaban J connectivity index is 2.06. The number of hydrogen-bond acceptors (Lipinski definition) is 5. The van der Waals surface area contributed by atoms with E-state index in [9.17, 15) is 14.7 Å². The van der Waals surface area contributed by atoms with E-state index in [1.54, 1.807) is 36.4 Å². The van der Waals surface area contributed by atoms with E-state index in [1.807, 2.05) is 6.07 Å². The average Bonchev–Trinajstić information content (AvgIpc) is 3.08. The Kier molecular flexibility index (Phi) is 3.74. The second-order valence-corrected chi connectivity index (χ2v) is 5.84. The third kappa shape index (κ3) is 2.52. The summed E-state index contributed by atoms with van der Waals surface area (Å²) in [5, 5.41) is 22.1. The van der Waals surface area contributed by atoms with Crippen LogP contribution in [-0.4, -0.2) is 35.9 Å². The van der Waals surface area contributed by atoms with Crippen molar-refractivity contribution < 1.29 is 9.90 Å². The van der Waals surface area contributed by atoms with E-state index >= 15 is 0 Å². The Bertz CT molecular complexity index is 1200. The molecular formula is C17H10ClN5O3. The second-order valence-electron chi connectivity index (χ2n) is 5.40. The number of halogens is 1. The molecule has 8 nitrogen and oxygen atoms in total. The van der Waals surface area contributed by atoms with Crippen LogP contribution in [0.3, 0.4) is 0 Å². The van der Waals surface area contributed by atoms with Gasteiger partial charge in [-0.2, -0.15) is 9.78 Å². The molecule has 0 saturated heterocycles. The molecule has 128 valence electrons. The molecule has 0 fully saturated rings. The molecule has 2 heterocycles. The maximum absolute atomic E-state index is 12.9. The summed E-state index contributed by atoms with van der Waals surface area (Å²) in [4.78, 5) is 24.5. The monoisotopic (exact) mass is 367 g/mol. The SMILES string of the molecule is O=C(O)c1cnn(-c2ccccc2)c1-n1nnc2ccc(Cl)cc2c1=O. The van der Waals surface area contributed by atoms with Gasteiger partial charge in [-0.3, -0.25) is 4.79 Å². The number of benzene rings is 2. The fraction of sp³-hybridized carbons (Fsp3) is 0. The third-order valence-electron chi connectivity index (χ3n) is 3.80. The Morgan fingerprint density at radius 3 is 2.58 bits per heavy atom. The molecule has 9 heteroatoms. The number of nitrogens with zero attached hydrogens (tertiary/aromatic N) is 5. The quantitative estimate of drug-likeness (QED) is 0.596. The van der Waals surface area contributed by atoms with Crippen LogP contribution in [0.1, 0.15) is 10.4 Å². The molecule has 0 unspecified atom stereocenters. The minimum Gasteiger partial charge on any atom is -0.477 e. The number of para-hydroxylation sites is 1. The second kappa shape index (κ2) is 6.08. The van der Waals surface area contributed by atoms with Gasteiger partial charge in [0.25, 0.3) is 5.56 Å². The first-order valence-corrected chi connectivity index (χ1v) is 7.86. The number of carbonyl (C=O) groups is 1. The van der Waals surface area contributed by atoms with E-state index in [4.69, 9.17) is 11.6 Å². The maximum Gasteiger partial charge on any atom is 0.341 e. The first-order chi connectivity index (χ1) is 12.6. The van der Waals surface area contributed by atoms with Crippen LogP contribution in [0.5, 0.6) is 0 Å². The van der Waals surface area contributed by atoms with Crippen LogP contribution in [0.2, 0.25) is 5.02 Å². The van der Waals surface area contributed by atoms with Gasteiger partial charge >= 0.3 is 5.97 Å². The maximum atomic E-state index is 12.9. The molecule has 0 aliphatic heterocycles. The zero-order valence-electron chi connectivity index (χ0n) is 13.1. The summed E-state index contributed by atoms with van der Waals surface area (Å²) in [6, 6.07) is 13.5. The first kappa shape index (κ1) is 16.0. The molecule has 0 aliphatic rings. The Labute approximate surface area is 150 Å². The largest absolute Gasteiger partial charge is 0.477 e. The van der Waals surface area contributed by atoms with E-state index in [0.717, 1.165) is 4.68 Å². The summed E-state index contributed by atoms with van der Waals surface area (Å²) in [5.41, 5.74) is 0.220. The normalized spacial score (nSPS) is 11.0. The third-order valence-corrected chi connectivity index (χ3v) is 4.03. The van der Waals surface area contributed by atoms with Crippen LogP contribution < -0.4 is 5.56 Å². The highest BCUT2D eigenvalue weighted by Crippen LogP contribution is 2.19. The van der Waals surface area contributed by atoms with Gasteiger partial charge in [0.1, 0.15) is 11.1 Å². The highest BCUT2D eigenvalue weighted by Gasteiger charge is 2.22. The topological polar surface area (TPSA) is 103 Å². The van der Waals surface area contributed by atoms with Crippen molar-refractivity contribution in [2.45, 2.75) is 0 Å². The van der Waals surface area contributed by atoms with Crippen molar-refractivity contribution >= 4 is 28.5 Å². The molecular weight excluding hydrogens is 358 g/mol. The standard InChI is InChI=1S/C17H10ClN5O3/c18-10-6-7-14-12(8-10)16(24)23(21-20-14)15-13(17(25)26)9-19-22(15)11-4-2-1-3-5-11/h1-9H,(H,25,26). The zero-order valence-corrected chi connectivity index (χ0v) is 13.8. The van der Waals surface area contributed by atoms with Gasteiger partial charge in [-0.15, -0.1) is 5.10 Å². The summed E-state index contributed by atoms with van der Waals surface area (Å²) in [7, 11) is 0. The van der Waals surface area contributed by atoms with Crippen LogP contribution in [0.25, 0.3) is 22.4 Å². The molecule has 0 atom stereocenters. The van der Waals surface area contributed by atoms with Crippen LogP contribution in [0.15, 0.2) is 59.5 Å². The summed E-state index contributed by atoms with van der Waals surface area (Å²) in [6.45, 7) is 0. The predicted octanol–water partition coefficient (Wildman–Crippen LogP) is 2.32. The van der Waals surface area contributed by atoms with Crippen LogP contribution in [-0.2, 0) is 0 Å². The molecule has 2 aromatic carbocycles. The molecule has 1 N–H and O–H groups in total. The number of hydrogen-bond donors (Lipinski definition) is 1. The Morgan fingerprint density at radius 1 is 1.08 bits per heavy atom. The molecule has 0 saturated carbocycles. The van der Waals surface area contributed by atoms with Gasteiger partial charge in [0.2, 0.25) is 0 Å². The lowest BCUT2D eigenvalue weighted by Crippen LogP contribution is -2.26. The minimum absolute atomic E-state index is 0.0110. The van der Waals surface area contributed by atoms with Gasteiger partial charge in [-0.05, 0) is 30.3 Å². The number of carboxylic acid groups (broad SMARTS) is 1. The molecule has 0 amide bonds. The number of aromatic nitrogens is 5. The van der Waals surface area contributed by atoms with Crippen molar-refractivity contribution in [3.8, 4) is 11.5 Å².